The molecule has 2 unspecified atom stereocenters. The van der Waals surface area contributed by atoms with Crippen LogP contribution in [0.4, 0.5) is 0 Å². The SMILES string of the molecule is COc1ccc2c(c1)nc(CCCl)n2CC1CCCC1C. The molecule has 0 amide bonds. The number of aromatic nitrogens is 2. The Hall–Kier alpha value is -1.22. The summed E-state index contributed by atoms with van der Waals surface area (Å²) in [6.45, 7) is 3.44. The molecular formula is C17H23ClN2O. The number of imidazole rings is 1. The Morgan fingerprint density at radius 1 is 1.38 bits per heavy atom. The molecule has 0 spiro atoms. The molecule has 21 heavy (non-hydrogen) atoms. The van der Waals surface area contributed by atoms with E-state index >= 15 is 0 Å². The van der Waals surface area contributed by atoms with Crippen LogP contribution < -0.4 is 4.74 Å². The van der Waals surface area contributed by atoms with Crippen molar-refractivity contribution in [2.45, 2.75) is 39.2 Å². The van der Waals surface area contributed by atoms with Crippen LogP contribution in [0.1, 0.15) is 32.0 Å². The Labute approximate surface area is 131 Å². The highest BCUT2D eigenvalue weighted by atomic mass is 35.5. The standard InChI is InChI=1S/C17H23ClN2O/c1-12-4-3-5-13(12)11-20-16-7-6-14(21-2)10-15(16)19-17(20)8-9-18/h6-7,10,12-13H,3-5,8-9,11H2,1-2H3. The second-order valence-corrected chi connectivity index (χ2v) is 6.48. The maximum absolute atomic E-state index is 5.96. The summed E-state index contributed by atoms with van der Waals surface area (Å²) in [5.74, 6) is 4.15. The number of fused-ring (bicyclic) bond motifs is 1. The van der Waals surface area contributed by atoms with Crippen molar-refractivity contribution in [1.82, 2.24) is 9.55 Å². The zero-order valence-corrected chi connectivity index (χ0v) is 13.6. The molecule has 3 rings (SSSR count). The molecular weight excluding hydrogens is 284 g/mol. The van der Waals surface area contributed by atoms with Crippen LogP contribution in [0.3, 0.4) is 0 Å². The van der Waals surface area contributed by atoms with Gasteiger partial charge in [0.15, 0.2) is 0 Å². The first-order valence-corrected chi connectivity index (χ1v) is 8.35. The highest BCUT2D eigenvalue weighted by Crippen LogP contribution is 2.34. The minimum atomic E-state index is 0.612. The van der Waals surface area contributed by atoms with E-state index in [1.54, 1.807) is 7.11 Å². The van der Waals surface area contributed by atoms with Gasteiger partial charge in [0.05, 0.1) is 18.1 Å². The molecule has 2 atom stereocenters. The van der Waals surface area contributed by atoms with E-state index < -0.39 is 0 Å². The molecule has 0 aliphatic heterocycles. The first-order valence-electron chi connectivity index (χ1n) is 7.82. The molecule has 1 heterocycles. The molecule has 2 aromatic rings. The van der Waals surface area contributed by atoms with E-state index in [-0.39, 0.29) is 0 Å². The molecule has 1 aromatic heterocycles. The van der Waals surface area contributed by atoms with Crippen LogP contribution in [0.25, 0.3) is 11.0 Å². The average Bonchev–Trinajstić information content (AvgIpc) is 3.04. The molecule has 0 bridgehead atoms. The summed E-state index contributed by atoms with van der Waals surface area (Å²) in [4.78, 5) is 4.78. The number of methoxy groups -OCH3 is 1. The van der Waals surface area contributed by atoms with Crippen molar-refractivity contribution >= 4 is 22.6 Å². The lowest BCUT2D eigenvalue weighted by Crippen LogP contribution is -2.15. The monoisotopic (exact) mass is 306 g/mol. The number of aryl methyl sites for hydroxylation is 1. The van der Waals surface area contributed by atoms with Crippen LogP contribution in [0.5, 0.6) is 5.75 Å². The lowest BCUT2D eigenvalue weighted by molar-refractivity contribution is 0.363. The zero-order chi connectivity index (χ0) is 14.8. The Kier molecular flexibility index (Phi) is 4.39. The van der Waals surface area contributed by atoms with Gasteiger partial charge in [0.1, 0.15) is 11.6 Å². The predicted octanol–water partition coefficient (Wildman–Crippen LogP) is 4.26. The van der Waals surface area contributed by atoms with Gasteiger partial charge in [0, 0.05) is 24.9 Å². The first kappa shape index (κ1) is 14.7. The maximum atomic E-state index is 5.96. The number of rotatable bonds is 5. The van der Waals surface area contributed by atoms with Crippen molar-refractivity contribution in [1.29, 1.82) is 0 Å². The minimum absolute atomic E-state index is 0.612. The number of nitrogens with zero attached hydrogens (tertiary/aromatic N) is 2. The maximum Gasteiger partial charge on any atom is 0.121 e. The number of halogens is 1. The van der Waals surface area contributed by atoms with Crippen LogP contribution in [0.2, 0.25) is 0 Å². The van der Waals surface area contributed by atoms with Crippen LogP contribution in [0, 0.1) is 11.8 Å². The molecule has 0 N–H and O–H groups in total. The Morgan fingerprint density at radius 3 is 2.90 bits per heavy atom. The smallest absolute Gasteiger partial charge is 0.121 e. The van der Waals surface area contributed by atoms with Crippen molar-refractivity contribution in [2.24, 2.45) is 11.8 Å². The van der Waals surface area contributed by atoms with Gasteiger partial charge in [-0.1, -0.05) is 19.8 Å². The molecule has 1 saturated carbocycles. The Morgan fingerprint density at radius 2 is 2.24 bits per heavy atom. The van der Waals surface area contributed by atoms with E-state index in [9.17, 15) is 0 Å². The summed E-state index contributed by atoms with van der Waals surface area (Å²) in [6, 6.07) is 6.16. The van der Waals surface area contributed by atoms with Gasteiger partial charge in [0.25, 0.3) is 0 Å². The molecule has 1 aromatic carbocycles. The fourth-order valence-corrected chi connectivity index (χ4v) is 3.66. The van der Waals surface area contributed by atoms with E-state index in [0.29, 0.717) is 5.88 Å². The third-order valence-electron chi connectivity index (χ3n) is 4.81. The third-order valence-corrected chi connectivity index (χ3v) is 5.00. The minimum Gasteiger partial charge on any atom is -0.497 e. The van der Waals surface area contributed by atoms with E-state index in [1.807, 2.05) is 12.1 Å². The molecule has 114 valence electrons. The fourth-order valence-electron chi connectivity index (χ4n) is 3.49. The van der Waals surface area contributed by atoms with Gasteiger partial charge in [-0.15, -0.1) is 11.6 Å². The second-order valence-electron chi connectivity index (χ2n) is 6.10. The molecule has 3 nitrogen and oxygen atoms in total. The molecule has 4 heteroatoms. The first-order chi connectivity index (χ1) is 10.2. The Bertz CT molecular complexity index is 623. The summed E-state index contributed by atoms with van der Waals surface area (Å²) in [7, 11) is 1.69. The van der Waals surface area contributed by atoms with Gasteiger partial charge in [-0.3, -0.25) is 0 Å². The summed E-state index contributed by atoms with van der Waals surface area (Å²) in [5, 5.41) is 0. The normalized spacial score (nSPS) is 22.0. The summed E-state index contributed by atoms with van der Waals surface area (Å²) in [5.41, 5.74) is 2.22. The fraction of sp³-hybridized carbons (Fsp3) is 0.588. The van der Waals surface area contributed by atoms with Gasteiger partial charge < -0.3 is 9.30 Å². The summed E-state index contributed by atoms with van der Waals surface area (Å²) >= 11 is 5.96. The number of hydrogen-bond donors (Lipinski definition) is 0. The third kappa shape index (κ3) is 2.89. The van der Waals surface area contributed by atoms with Gasteiger partial charge in [0.2, 0.25) is 0 Å². The van der Waals surface area contributed by atoms with E-state index in [2.05, 4.69) is 17.6 Å². The van der Waals surface area contributed by atoms with Crippen molar-refractivity contribution < 1.29 is 4.74 Å². The average molecular weight is 307 g/mol. The number of ether oxygens (including phenoxy) is 1. The molecule has 0 saturated heterocycles. The lowest BCUT2D eigenvalue weighted by Gasteiger charge is -2.18. The van der Waals surface area contributed by atoms with Crippen molar-refractivity contribution in [3.63, 3.8) is 0 Å². The van der Waals surface area contributed by atoms with Crippen LogP contribution in [-0.2, 0) is 13.0 Å². The Balaban J connectivity index is 1.99. The second kappa shape index (κ2) is 6.27. The van der Waals surface area contributed by atoms with Gasteiger partial charge in [-0.2, -0.15) is 0 Å². The number of hydrogen-bond acceptors (Lipinski definition) is 2. The van der Waals surface area contributed by atoms with Gasteiger partial charge in [-0.25, -0.2) is 4.98 Å². The largest absolute Gasteiger partial charge is 0.497 e. The molecule has 1 aliphatic rings. The van der Waals surface area contributed by atoms with Crippen LogP contribution >= 0.6 is 11.6 Å². The van der Waals surface area contributed by atoms with E-state index in [0.717, 1.165) is 41.9 Å². The lowest BCUT2D eigenvalue weighted by atomic mass is 9.98. The quantitative estimate of drug-likeness (QED) is 0.772. The summed E-state index contributed by atoms with van der Waals surface area (Å²) in [6.07, 6.45) is 4.87. The highest BCUT2D eigenvalue weighted by molar-refractivity contribution is 6.17. The topological polar surface area (TPSA) is 27.1 Å². The highest BCUT2D eigenvalue weighted by Gasteiger charge is 2.25. The predicted molar refractivity (Wildman–Crippen MR) is 87.2 cm³/mol. The van der Waals surface area contributed by atoms with Crippen molar-refractivity contribution in [3.8, 4) is 5.75 Å². The van der Waals surface area contributed by atoms with Gasteiger partial charge in [-0.05, 0) is 30.4 Å². The van der Waals surface area contributed by atoms with Crippen molar-refractivity contribution in [3.05, 3.63) is 24.0 Å². The van der Waals surface area contributed by atoms with Gasteiger partial charge >= 0.3 is 0 Å². The van der Waals surface area contributed by atoms with Crippen LogP contribution in [0.15, 0.2) is 18.2 Å². The van der Waals surface area contributed by atoms with Crippen LogP contribution in [-0.4, -0.2) is 22.5 Å². The van der Waals surface area contributed by atoms with Crippen molar-refractivity contribution in [2.75, 3.05) is 13.0 Å². The number of benzene rings is 1. The number of alkyl halides is 1. The zero-order valence-electron chi connectivity index (χ0n) is 12.8. The van der Waals surface area contributed by atoms with E-state index in [1.165, 1.54) is 24.8 Å². The summed E-state index contributed by atoms with van der Waals surface area (Å²) < 4.78 is 7.69. The molecule has 1 aliphatic carbocycles. The molecule has 0 radical (unpaired) electrons. The molecule has 1 fully saturated rings. The van der Waals surface area contributed by atoms with E-state index in [4.69, 9.17) is 21.3 Å².